The van der Waals surface area contributed by atoms with Gasteiger partial charge in [-0.1, -0.05) is 0 Å². The van der Waals surface area contributed by atoms with Crippen molar-refractivity contribution in [2.75, 3.05) is 19.8 Å². The molecule has 7 heteroatoms. The van der Waals surface area contributed by atoms with Gasteiger partial charge >= 0.3 is 5.97 Å². The van der Waals surface area contributed by atoms with Crippen LogP contribution >= 0.6 is 0 Å². The fourth-order valence-electron chi connectivity index (χ4n) is 2.78. The summed E-state index contributed by atoms with van der Waals surface area (Å²) in [5.41, 5.74) is 1.61. The molecular formula is C15H17N3O4. The molecule has 1 unspecified atom stereocenters. The van der Waals surface area contributed by atoms with Crippen LogP contribution in [0.15, 0.2) is 24.5 Å². The van der Waals surface area contributed by atoms with Crippen LogP contribution in [0.3, 0.4) is 0 Å². The second-order valence-electron chi connectivity index (χ2n) is 5.30. The second kappa shape index (κ2) is 6.15. The molecule has 0 aromatic carbocycles. The Balaban J connectivity index is 1.76. The van der Waals surface area contributed by atoms with E-state index in [4.69, 9.17) is 9.84 Å². The second-order valence-corrected chi connectivity index (χ2v) is 5.30. The van der Waals surface area contributed by atoms with Crippen LogP contribution in [-0.2, 0) is 20.7 Å². The summed E-state index contributed by atoms with van der Waals surface area (Å²) in [4.78, 5) is 32.3. The fourth-order valence-corrected chi connectivity index (χ4v) is 2.78. The quantitative estimate of drug-likeness (QED) is 0.871. The number of carboxylic acids is 1. The van der Waals surface area contributed by atoms with E-state index in [1.807, 2.05) is 12.1 Å². The molecule has 3 heterocycles. The van der Waals surface area contributed by atoms with Gasteiger partial charge in [0.15, 0.2) is 0 Å². The highest BCUT2D eigenvalue weighted by Crippen LogP contribution is 2.19. The van der Waals surface area contributed by atoms with E-state index >= 15 is 0 Å². The highest BCUT2D eigenvalue weighted by molar-refractivity contribution is 5.87. The van der Waals surface area contributed by atoms with Gasteiger partial charge in [-0.3, -0.25) is 9.59 Å². The van der Waals surface area contributed by atoms with E-state index in [1.54, 1.807) is 17.3 Å². The topological polar surface area (TPSA) is 95.5 Å². The van der Waals surface area contributed by atoms with E-state index in [0.29, 0.717) is 13.2 Å². The number of carbonyl (C=O) groups excluding carboxylic acids is 1. The molecule has 116 valence electrons. The molecule has 0 aliphatic carbocycles. The number of carboxylic acid groups (broad SMARTS) is 1. The van der Waals surface area contributed by atoms with Crippen molar-refractivity contribution < 1.29 is 19.4 Å². The molecule has 0 radical (unpaired) electrons. The summed E-state index contributed by atoms with van der Waals surface area (Å²) in [6.07, 6.45) is 3.60. The largest absolute Gasteiger partial charge is 0.481 e. The number of morpholine rings is 1. The van der Waals surface area contributed by atoms with E-state index in [0.717, 1.165) is 16.6 Å². The van der Waals surface area contributed by atoms with E-state index < -0.39 is 12.0 Å². The summed E-state index contributed by atoms with van der Waals surface area (Å²) < 4.78 is 5.30. The SMILES string of the molecule is O=C(O)CC1COCCN1C(=O)Cc1c[nH]c2ncccc12. The lowest BCUT2D eigenvalue weighted by Crippen LogP contribution is -2.50. The third kappa shape index (κ3) is 2.94. The molecule has 0 saturated carbocycles. The first-order valence-electron chi connectivity index (χ1n) is 7.15. The minimum absolute atomic E-state index is 0.0840. The average Bonchev–Trinajstić information content (AvgIpc) is 2.90. The number of nitrogens with one attached hydrogen (secondary N) is 1. The zero-order chi connectivity index (χ0) is 15.5. The summed E-state index contributed by atoms with van der Waals surface area (Å²) >= 11 is 0. The first-order chi connectivity index (χ1) is 10.6. The number of H-pyrrole nitrogens is 1. The van der Waals surface area contributed by atoms with Gasteiger partial charge in [0.25, 0.3) is 0 Å². The van der Waals surface area contributed by atoms with Gasteiger partial charge in [0, 0.05) is 24.3 Å². The Morgan fingerprint density at radius 1 is 1.50 bits per heavy atom. The molecule has 1 atom stereocenters. The number of rotatable bonds is 4. The van der Waals surface area contributed by atoms with Gasteiger partial charge in [-0.2, -0.15) is 0 Å². The normalized spacial score (nSPS) is 18.5. The van der Waals surface area contributed by atoms with Crippen LogP contribution in [0, 0.1) is 0 Å². The van der Waals surface area contributed by atoms with E-state index in [1.165, 1.54) is 0 Å². The molecule has 0 spiro atoms. The Hall–Kier alpha value is -2.41. The van der Waals surface area contributed by atoms with Crippen molar-refractivity contribution in [1.82, 2.24) is 14.9 Å². The van der Waals surface area contributed by atoms with Crippen LogP contribution in [0.25, 0.3) is 11.0 Å². The maximum atomic E-state index is 12.5. The third-order valence-electron chi connectivity index (χ3n) is 3.84. The van der Waals surface area contributed by atoms with Gasteiger partial charge in [0.1, 0.15) is 5.65 Å². The van der Waals surface area contributed by atoms with Gasteiger partial charge in [-0.15, -0.1) is 0 Å². The molecule has 7 nitrogen and oxygen atoms in total. The van der Waals surface area contributed by atoms with Crippen LogP contribution in [0.5, 0.6) is 0 Å². The van der Waals surface area contributed by atoms with Crippen molar-refractivity contribution in [2.45, 2.75) is 18.9 Å². The summed E-state index contributed by atoms with van der Waals surface area (Å²) in [7, 11) is 0. The molecule has 1 aliphatic rings. The van der Waals surface area contributed by atoms with Crippen molar-refractivity contribution in [1.29, 1.82) is 0 Å². The molecular weight excluding hydrogens is 286 g/mol. The number of amides is 1. The molecule has 1 amide bonds. The number of carbonyl (C=O) groups is 2. The zero-order valence-electron chi connectivity index (χ0n) is 12.0. The molecule has 22 heavy (non-hydrogen) atoms. The van der Waals surface area contributed by atoms with Gasteiger partial charge in [0.2, 0.25) is 5.91 Å². The standard InChI is InChI=1S/C15H17N3O4/c19-13(18-4-5-22-9-11(18)7-14(20)21)6-10-8-17-15-12(10)2-1-3-16-15/h1-3,8,11H,4-7,9H2,(H,16,17)(H,20,21). The fraction of sp³-hybridized carbons (Fsp3) is 0.400. The summed E-state index contributed by atoms with van der Waals surface area (Å²) in [5, 5.41) is 9.87. The Bertz CT molecular complexity index is 697. The van der Waals surface area contributed by atoms with Gasteiger partial charge in [0.05, 0.1) is 32.1 Å². The molecule has 2 N–H and O–H groups in total. The lowest BCUT2D eigenvalue weighted by molar-refractivity contribution is -0.145. The first-order valence-corrected chi connectivity index (χ1v) is 7.15. The van der Waals surface area contributed by atoms with Crippen LogP contribution in [0.1, 0.15) is 12.0 Å². The summed E-state index contributed by atoms with van der Waals surface area (Å²) in [5.74, 6) is -1.01. The maximum Gasteiger partial charge on any atom is 0.305 e. The number of ether oxygens (including phenoxy) is 1. The molecule has 2 aromatic heterocycles. The van der Waals surface area contributed by atoms with Crippen molar-refractivity contribution in [2.24, 2.45) is 0 Å². The Kier molecular flexibility index (Phi) is 4.06. The predicted octanol–water partition coefficient (Wildman–Crippen LogP) is 0.807. The smallest absolute Gasteiger partial charge is 0.305 e. The highest BCUT2D eigenvalue weighted by atomic mass is 16.5. The van der Waals surface area contributed by atoms with E-state index in [9.17, 15) is 9.59 Å². The minimum atomic E-state index is -0.926. The van der Waals surface area contributed by atoms with E-state index in [-0.39, 0.29) is 25.4 Å². The van der Waals surface area contributed by atoms with Crippen molar-refractivity contribution >= 4 is 22.9 Å². The van der Waals surface area contributed by atoms with Crippen molar-refractivity contribution in [3.8, 4) is 0 Å². The van der Waals surface area contributed by atoms with E-state index in [2.05, 4.69) is 9.97 Å². The number of fused-ring (bicyclic) bond motifs is 1. The number of pyridine rings is 1. The Morgan fingerprint density at radius 3 is 3.18 bits per heavy atom. The predicted molar refractivity (Wildman–Crippen MR) is 78.4 cm³/mol. The monoisotopic (exact) mass is 303 g/mol. The lowest BCUT2D eigenvalue weighted by atomic mass is 10.1. The number of aliphatic carboxylic acids is 1. The number of aromatic amines is 1. The number of hydrogen-bond donors (Lipinski definition) is 2. The van der Waals surface area contributed by atoms with Crippen LogP contribution < -0.4 is 0 Å². The average molecular weight is 303 g/mol. The van der Waals surface area contributed by atoms with Gasteiger partial charge in [-0.25, -0.2) is 4.98 Å². The summed E-state index contributed by atoms with van der Waals surface area (Å²) in [6, 6.07) is 3.34. The molecule has 2 aromatic rings. The molecule has 1 aliphatic heterocycles. The number of aromatic nitrogens is 2. The molecule has 0 bridgehead atoms. The zero-order valence-corrected chi connectivity index (χ0v) is 12.0. The van der Waals surface area contributed by atoms with Crippen molar-refractivity contribution in [3.05, 3.63) is 30.1 Å². The third-order valence-corrected chi connectivity index (χ3v) is 3.84. The number of hydrogen-bond acceptors (Lipinski definition) is 4. The summed E-state index contributed by atoms with van der Waals surface area (Å²) in [6.45, 7) is 1.14. The molecule has 3 rings (SSSR count). The van der Waals surface area contributed by atoms with Crippen LogP contribution in [-0.4, -0.2) is 57.7 Å². The molecule has 1 saturated heterocycles. The number of nitrogens with zero attached hydrogens (tertiary/aromatic N) is 2. The minimum Gasteiger partial charge on any atom is -0.481 e. The first kappa shape index (κ1) is 14.5. The van der Waals surface area contributed by atoms with Crippen LogP contribution in [0.4, 0.5) is 0 Å². The van der Waals surface area contributed by atoms with Gasteiger partial charge in [-0.05, 0) is 17.7 Å². The Labute approximate surface area is 126 Å². The van der Waals surface area contributed by atoms with Crippen LogP contribution in [0.2, 0.25) is 0 Å². The van der Waals surface area contributed by atoms with Gasteiger partial charge < -0.3 is 19.7 Å². The molecule has 1 fully saturated rings. The maximum absolute atomic E-state index is 12.5. The lowest BCUT2D eigenvalue weighted by Gasteiger charge is -2.34. The highest BCUT2D eigenvalue weighted by Gasteiger charge is 2.29. The Morgan fingerprint density at radius 2 is 2.36 bits per heavy atom. The van der Waals surface area contributed by atoms with Crippen molar-refractivity contribution in [3.63, 3.8) is 0 Å².